The van der Waals surface area contributed by atoms with Gasteiger partial charge < -0.3 is 29.8 Å². The van der Waals surface area contributed by atoms with Crippen LogP contribution >= 0.6 is 0 Å². The van der Waals surface area contributed by atoms with E-state index in [1.54, 1.807) is 26.2 Å². The van der Waals surface area contributed by atoms with E-state index in [9.17, 15) is 19.5 Å². The molecule has 0 bridgehead atoms. The molecule has 0 aliphatic heterocycles. The summed E-state index contributed by atoms with van der Waals surface area (Å²) < 4.78 is 11.8. The molecule has 2 aromatic carbocycles. The van der Waals surface area contributed by atoms with E-state index in [1.807, 2.05) is 36.4 Å². The normalized spacial score (nSPS) is 11.4. The topological polar surface area (TPSA) is 119 Å². The number of aryl methyl sites for hydroxylation is 1. The minimum absolute atomic E-state index is 0.138. The van der Waals surface area contributed by atoms with Crippen molar-refractivity contribution in [3.05, 3.63) is 76.7 Å². The highest BCUT2D eigenvalue weighted by molar-refractivity contribution is 5.91. The summed E-state index contributed by atoms with van der Waals surface area (Å²) in [6.07, 6.45) is 1.24. The summed E-state index contributed by atoms with van der Waals surface area (Å²) in [5.74, 6) is -0.230. The van der Waals surface area contributed by atoms with Gasteiger partial charge in [-0.2, -0.15) is 0 Å². The Morgan fingerprint density at radius 1 is 1.12 bits per heavy atom. The third kappa shape index (κ3) is 5.74. The Morgan fingerprint density at radius 2 is 1.85 bits per heavy atom. The Morgan fingerprint density at radius 3 is 2.53 bits per heavy atom. The zero-order valence-electron chi connectivity index (χ0n) is 19.2. The van der Waals surface area contributed by atoms with Crippen LogP contribution in [0.25, 0.3) is 11.1 Å². The average Bonchev–Trinajstić information content (AvgIpc) is 2.84. The van der Waals surface area contributed by atoms with Crippen LogP contribution in [0.3, 0.4) is 0 Å². The molecule has 0 saturated heterocycles. The van der Waals surface area contributed by atoms with Gasteiger partial charge in [0, 0.05) is 18.8 Å². The molecular weight excluding hydrogens is 438 g/mol. The Kier molecular flexibility index (Phi) is 7.92. The van der Waals surface area contributed by atoms with E-state index in [2.05, 4.69) is 10.6 Å². The average molecular weight is 466 g/mol. The number of ether oxygens (including phenoxy) is 2. The first kappa shape index (κ1) is 24.4. The second-order valence-corrected chi connectivity index (χ2v) is 7.48. The van der Waals surface area contributed by atoms with E-state index in [0.717, 1.165) is 11.1 Å². The number of hydrogen-bond acceptors (Lipinski definition) is 6. The molecule has 0 unspecified atom stereocenters. The van der Waals surface area contributed by atoms with Gasteiger partial charge in [0.2, 0.25) is 0 Å². The fourth-order valence-corrected chi connectivity index (χ4v) is 3.47. The second-order valence-electron chi connectivity index (χ2n) is 7.48. The standard InChI is InChI=1S/C25H27N3O6/c1-4-34-22(30)15-19(26-25(32)27-23-20(29)12-13-28(2)24(23)31)17-10-11-21(33-3)18(14-17)16-8-6-5-7-9-16/h5-14,19,29H,4,15H2,1-3H3,(H2,26,27,32)/t19-/m0/s1. The summed E-state index contributed by atoms with van der Waals surface area (Å²) in [6, 6.07) is 14.6. The Bertz CT molecular complexity index is 1220. The Labute approximate surface area is 197 Å². The van der Waals surface area contributed by atoms with Crippen molar-refractivity contribution in [2.75, 3.05) is 19.0 Å². The molecule has 0 aliphatic rings. The highest BCUT2D eigenvalue weighted by atomic mass is 16.5. The summed E-state index contributed by atoms with van der Waals surface area (Å²) >= 11 is 0. The third-order valence-corrected chi connectivity index (χ3v) is 5.18. The van der Waals surface area contributed by atoms with E-state index >= 15 is 0 Å². The molecule has 0 radical (unpaired) electrons. The minimum Gasteiger partial charge on any atom is -0.505 e. The van der Waals surface area contributed by atoms with E-state index in [-0.39, 0.29) is 24.5 Å². The zero-order valence-corrected chi connectivity index (χ0v) is 19.2. The number of amides is 2. The molecule has 9 nitrogen and oxygen atoms in total. The smallest absolute Gasteiger partial charge is 0.319 e. The van der Waals surface area contributed by atoms with E-state index in [0.29, 0.717) is 11.3 Å². The monoisotopic (exact) mass is 465 g/mol. The highest BCUT2D eigenvalue weighted by Gasteiger charge is 2.22. The summed E-state index contributed by atoms with van der Waals surface area (Å²) in [4.78, 5) is 37.3. The molecule has 3 aromatic rings. The van der Waals surface area contributed by atoms with Crippen LogP contribution < -0.4 is 20.9 Å². The molecule has 0 aliphatic carbocycles. The maximum Gasteiger partial charge on any atom is 0.319 e. The van der Waals surface area contributed by atoms with Gasteiger partial charge in [0.15, 0.2) is 5.69 Å². The fraction of sp³-hybridized carbons (Fsp3) is 0.240. The number of carbonyl (C=O) groups is 2. The predicted molar refractivity (Wildman–Crippen MR) is 128 cm³/mol. The number of pyridine rings is 1. The van der Waals surface area contributed by atoms with E-state index in [4.69, 9.17) is 9.47 Å². The van der Waals surface area contributed by atoms with Crippen molar-refractivity contribution in [1.82, 2.24) is 9.88 Å². The number of anilines is 1. The molecule has 3 N–H and O–H groups in total. The van der Waals surface area contributed by atoms with Gasteiger partial charge in [-0.1, -0.05) is 36.4 Å². The van der Waals surface area contributed by atoms with Crippen molar-refractivity contribution in [3.63, 3.8) is 0 Å². The quantitative estimate of drug-likeness (QED) is 0.438. The van der Waals surface area contributed by atoms with Gasteiger partial charge in [0.25, 0.3) is 5.56 Å². The van der Waals surface area contributed by atoms with Crippen LogP contribution in [0.15, 0.2) is 65.6 Å². The molecule has 0 spiro atoms. The maximum atomic E-state index is 12.8. The van der Waals surface area contributed by atoms with Gasteiger partial charge in [0.1, 0.15) is 11.5 Å². The molecule has 178 valence electrons. The van der Waals surface area contributed by atoms with Crippen molar-refractivity contribution >= 4 is 17.7 Å². The molecule has 9 heteroatoms. The van der Waals surface area contributed by atoms with Gasteiger partial charge in [0.05, 0.1) is 26.2 Å². The second kappa shape index (κ2) is 11.0. The molecule has 0 saturated carbocycles. The van der Waals surface area contributed by atoms with Crippen molar-refractivity contribution in [2.24, 2.45) is 7.05 Å². The maximum absolute atomic E-state index is 12.8. The number of esters is 1. The van der Waals surface area contributed by atoms with Crippen molar-refractivity contribution in [2.45, 2.75) is 19.4 Å². The first-order chi connectivity index (χ1) is 16.3. The third-order valence-electron chi connectivity index (χ3n) is 5.18. The summed E-state index contributed by atoms with van der Waals surface area (Å²) in [5.41, 5.74) is 1.47. The number of hydrogen-bond donors (Lipinski definition) is 3. The lowest BCUT2D eigenvalue weighted by atomic mass is 9.97. The van der Waals surface area contributed by atoms with Crippen molar-refractivity contribution in [3.8, 4) is 22.6 Å². The lowest BCUT2D eigenvalue weighted by Crippen LogP contribution is -2.36. The predicted octanol–water partition coefficient (Wildman–Crippen LogP) is 3.58. The van der Waals surface area contributed by atoms with Crippen LogP contribution in [-0.2, 0) is 16.6 Å². The first-order valence-corrected chi connectivity index (χ1v) is 10.7. The molecule has 3 rings (SSSR count). The summed E-state index contributed by atoms with van der Waals surface area (Å²) in [5, 5.41) is 15.1. The molecule has 1 heterocycles. The van der Waals surface area contributed by atoms with Gasteiger partial charge in [-0.3, -0.25) is 9.59 Å². The van der Waals surface area contributed by atoms with Crippen LogP contribution in [-0.4, -0.2) is 35.4 Å². The number of aromatic hydroxyl groups is 1. The van der Waals surface area contributed by atoms with Crippen LogP contribution in [0.5, 0.6) is 11.5 Å². The SMILES string of the molecule is CCOC(=O)C[C@H](NC(=O)Nc1c(O)ccn(C)c1=O)c1ccc(OC)c(-c2ccccc2)c1. The highest BCUT2D eigenvalue weighted by Crippen LogP contribution is 2.33. The van der Waals surface area contributed by atoms with Crippen LogP contribution in [0.1, 0.15) is 24.9 Å². The number of methoxy groups -OCH3 is 1. The van der Waals surface area contributed by atoms with Gasteiger partial charge in [-0.15, -0.1) is 0 Å². The number of benzene rings is 2. The largest absolute Gasteiger partial charge is 0.505 e. The fourth-order valence-electron chi connectivity index (χ4n) is 3.47. The van der Waals surface area contributed by atoms with Gasteiger partial charge >= 0.3 is 12.0 Å². The Hall–Kier alpha value is -4.27. The number of nitrogens with one attached hydrogen (secondary N) is 2. The van der Waals surface area contributed by atoms with E-state index in [1.165, 1.54) is 23.9 Å². The number of rotatable bonds is 8. The first-order valence-electron chi connectivity index (χ1n) is 10.7. The molecule has 2 amide bonds. The lowest BCUT2D eigenvalue weighted by Gasteiger charge is -2.21. The van der Waals surface area contributed by atoms with Crippen molar-refractivity contribution in [1.29, 1.82) is 0 Å². The lowest BCUT2D eigenvalue weighted by molar-refractivity contribution is -0.143. The van der Waals surface area contributed by atoms with Crippen LogP contribution in [0.4, 0.5) is 10.5 Å². The van der Waals surface area contributed by atoms with Gasteiger partial charge in [-0.05, 0) is 36.2 Å². The minimum atomic E-state index is -0.776. The molecule has 34 heavy (non-hydrogen) atoms. The molecule has 1 atom stereocenters. The summed E-state index contributed by atoms with van der Waals surface area (Å²) in [6.45, 7) is 1.89. The number of urea groups is 1. The number of nitrogens with zero attached hydrogens (tertiary/aromatic N) is 1. The number of aromatic nitrogens is 1. The molecule has 1 aromatic heterocycles. The summed E-state index contributed by atoms with van der Waals surface area (Å²) in [7, 11) is 3.06. The van der Waals surface area contributed by atoms with E-state index < -0.39 is 23.6 Å². The van der Waals surface area contributed by atoms with Crippen molar-refractivity contribution < 1.29 is 24.2 Å². The Balaban J connectivity index is 1.94. The molecule has 0 fully saturated rings. The molecular formula is C25H27N3O6. The zero-order chi connectivity index (χ0) is 24.7. The number of carbonyl (C=O) groups excluding carboxylic acids is 2. The van der Waals surface area contributed by atoms with Crippen LogP contribution in [0, 0.1) is 0 Å². The van der Waals surface area contributed by atoms with Gasteiger partial charge in [-0.25, -0.2) is 4.79 Å². The van der Waals surface area contributed by atoms with Crippen LogP contribution in [0.2, 0.25) is 0 Å².